The van der Waals surface area contributed by atoms with Crippen molar-refractivity contribution in [3.05, 3.63) is 64.4 Å². The highest BCUT2D eigenvalue weighted by molar-refractivity contribution is 9.10. The Kier molecular flexibility index (Phi) is 4.45. The lowest BCUT2D eigenvalue weighted by molar-refractivity contribution is 0.153. The number of benzene rings is 1. The van der Waals surface area contributed by atoms with E-state index in [1.165, 1.54) is 11.1 Å². The molecule has 104 valence electrons. The minimum absolute atomic E-state index is 0.404. The molecule has 1 atom stereocenters. The van der Waals surface area contributed by atoms with Crippen LogP contribution >= 0.6 is 15.9 Å². The summed E-state index contributed by atoms with van der Waals surface area (Å²) in [5.74, 6) is 0. The molecule has 1 aliphatic rings. The van der Waals surface area contributed by atoms with Gasteiger partial charge in [0.15, 0.2) is 0 Å². The molecule has 1 aromatic carbocycles. The second-order valence-electron chi connectivity index (χ2n) is 5.10. The Hall–Kier alpha value is -1.23. The Morgan fingerprint density at radius 1 is 1.25 bits per heavy atom. The molecule has 0 saturated carbocycles. The zero-order valence-corrected chi connectivity index (χ0v) is 12.9. The van der Waals surface area contributed by atoms with Crippen LogP contribution < -0.4 is 5.32 Å². The van der Waals surface area contributed by atoms with Gasteiger partial charge in [0.2, 0.25) is 0 Å². The van der Waals surface area contributed by atoms with E-state index >= 15 is 0 Å². The summed E-state index contributed by atoms with van der Waals surface area (Å²) in [6.45, 7) is 4.08. The summed E-state index contributed by atoms with van der Waals surface area (Å²) in [5, 5.41) is 3.48. The van der Waals surface area contributed by atoms with Crippen molar-refractivity contribution in [2.75, 3.05) is 19.6 Å². The number of piperazine rings is 1. The third kappa shape index (κ3) is 3.26. The van der Waals surface area contributed by atoms with Crippen LogP contribution in [-0.2, 0) is 6.54 Å². The van der Waals surface area contributed by atoms with Crippen LogP contribution in [0.5, 0.6) is 0 Å². The molecule has 2 aromatic rings. The molecular formula is C16H18BrN3. The lowest BCUT2D eigenvalue weighted by atomic mass is 10.0. The van der Waals surface area contributed by atoms with Crippen LogP contribution in [0.15, 0.2) is 53.3 Å². The molecule has 1 saturated heterocycles. The van der Waals surface area contributed by atoms with Crippen LogP contribution in [0.3, 0.4) is 0 Å². The Balaban J connectivity index is 1.77. The lowest BCUT2D eigenvalue weighted by Gasteiger charge is -2.36. The van der Waals surface area contributed by atoms with Crippen LogP contribution in [0.1, 0.15) is 17.2 Å². The van der Waals surface area contributed by atoms with Crippen LogP contribution in [0, 0.1) is 0 Å². The maximum Gasteiger partial charge on any atom is 0.0491 e. The molecule has 0 spiro atoms. The van der Waals surface area contributed by atoms with Gasteiger partial charge in [-0.15, -0.1) is 0 Å². The standard InChI is InChI=1S/C16H18BrN3/c17-15-5-3-13(4-6-15)12-20-9-8-19-11-16(20)14-2-1-7-18-10-14/h1-7,10,16,19H,8-9,11-12H2. The second-order valence-corrected chi connectivity index (χ2v) is 6.02. The fourth-order valence-electron chi connectivity index (χ4n) is 2.66. The van der Waals surface area contributed by atoms with Gasteiger partial charge in [-0.25, -0.2) is 0 Å². The topological polar surface area (TPSA) is 28.2 Å². The van der Waals surface area contributed by atoms with Crippen molar-refractivity contribution in [2.24, 2.45) is 0 Å². The number of aromatic nitrogens is 1. The van der Waals surface area contributed by atoms with E-state index in [4.69, 9.17) is 0 Å². The van der Waals surface area contributed by atoms with Gasteiger partial charge in [-0.05, 0) is 29.3 Å². The van der Waals surface area contributed by atoms with E-state index in [0.717, 1.165) is 30.7 Å². The summed E-state index contributed by atoms with van der Waals surface area (Å²) < 4.78 is 1.13. The number of halogens is 1. The third-order valence-electron chi connectivity index (χ3n) is 3.72. The van der Waals surface area contributed by atoms with Gasteiger partial charge in [-0.2, -0.15) is 0 Å². The highest BCUT2D eigenvalue weighted by atomic mass is 79.9. The number of hydrogen-bond acceptors (Lipinski definition) is 3. The zero-order valence-electron chi connectivity index (χ0n) is 11.3. The summed E-state index contributed by atoms with van der Waals surface area (Å²) >= 11 is 3.49. The quantitative estimate of drug-likeness (QED) is 0.937. The highest BCUT2D eigenvalue weighted by Crippen LogP contribution is 2.23. The molecule has 1 unspecified atom stereocenters. The van der Waals surface area contributed by atoms with Crippen molar-refractivity contribution in [2.45, 2.75) is 12.6 Å². The summed E-state index contributed by atoms with van der Waals surface area (Å²) in [6.07, 6.45) is 3.81. The fraction of sp³-hybridized carbons (Fsp3) is 0.312. The first kappa shape index (κ1) is 13.7. The Labute approximate surface area is 128 Å². The molecule has 0 aliphatic carbocycles. The van der Waals surface area contributed by atoms with E-state index < -0.39 is 0 Å². The largest absolute Gasteiger partial charge is 0.314 e. The Morgan fingerprint density at radius 2 is 2.10 bits per heavy atom. The van der Waals surface area contributed by atoms with Crippen molar-refractivity contribution in [1.29, 1.82) is 0 Å². The van der Waals surface area contributed by atoms with Crippen LogP contribution in [0.4, 0.5) is 0 Å². The molecule has 1 aliphatic heterocycles. The van der Waals surface area contributed by atoms with Crippen LogP contribution in [0.25, 0.3) is 0 Å². The number of nitrogens with zero attached hydrogens (tertiary/aromatic N) is 2. The van der Waals surface area contributed by atoms with Crippen LogP contribution in [-0.4, -0.2) is 29.5 Å². The van der Waals surface area contributed by atoms with E-state index in [2.05, 4.69) is 61.5 Å². The van der Waals surface area contributed by atoms with Crippen LogP contribution in [0.2, 0.25) is 0 Å². The molecule has 1 fully saturated rings. The van der Waals surface area contributed by atoms with Gasteiger partial charge in [0.05, 0.1) is 0 Å². The maximum atomic E-state index is 4.25. The smallest absolute Gasteiger partial charge is 0.0491 e. The van der Waals surface area contributed by atoms with E-state index in [0.29, 0.717) is 6.04 Å². The number of pyridine rings is 1. The van der Waals surface area contributed by atoms with Gasteiger partial charge in [0, 0.05) is 49.1 Å². The van der Waals surface area contributed by atoms with Crippen molar-refractivity contribution in [3.63, 3.8) is 0 Å². The summed E-state index contributed by atoms with van der Waals surface area (Å²) in [5.41, 5.74) is 2.64. The summed E-state index contributed by atoms with van der Waals surface area (Å²) in [4.78, 5) is 6.78. The Bertz CT molecular complexity index is 541. The molecule has 0 bridgehead atoms. The van der Waals surface area contributed by atoms with Crippen molar-refractivity contribution >= 4 is 15.9 Å². The molecule has 3 nitrogen and oxygen atoms in total. The van der Waals surface area contributed by atoms with Gasteiger partial charge in [0.25, 0.3) is 0 Å². The predicted molar refractivity (Wildman–Crippen MR) is 84.4 cm³/mol. The number of hydrogen-bond donors (Lipinski definition) is 1. The Morgan fingerprint density at radius 3 is 2.85 bits per heavy atom. The molecule has 0 amide bonds. The van der Waals surface area contributed by atoms with Gasteiger partial charge >= 0.3 is 0 Å². The minimum Gasteiger partial charge on any atom is -0.314 e. The number of nitrogens with one attached hydrogen (secondary N) is 1. The molecule has 2 heterocycles. The maximum absolute atomic E-state index is 4.25. The van der Waals surface area contributed by atoms with Crippen molar-refractivity contribution in [1.82, 2.24) is 15.2 Å². The molecule has 0 radical (unpaired) electrons. The molecule has 1 aromatic heterocycles. The van der Waals surface area contributed by atoms with Crippen molar-refractivity contribution < 1.29 is 0 Å². The monoisotopic (exact) mass is 331 g/mol. The highest BCUT2D eigenvalue weighted by Gasteiger charge is 2.23. The zero-order chi connectivity index (χ0) is 13.8. The first-order valence-corrected chi connectivity index (χ1v) is 7.71. The predicted octanol–water partition coefficient (Wildman–Crippen LogP) is 2.99. The SMILES string of the molecule is Brc1ccc(CN2CCNCC2c2cccnc2)cc1. The lowest BCUT2D eigenvalue weighted by Crippen LogP contribution is -2.45. The summed E-state index contributed by atoms with van der Waals surface area (Å²) in [6, 6.07) is 13.2. The molecule has 20 heavy (non-hydrogen) atoms. The first-order valence-electron chi connectivity index (χ1n) is 6.92. The van der Waals surface area contributed by atoms with Crippen molar-refractivity contribution in [3.8, 4) is 0 Å². The van der Waals surface area contributed by atoms with Gasteiger partial charge in [0.1, 0.15) is 0 Å². The van der Waals surface area contributed by atoms with Gasteiger partial charge in [-0.1, -0.05) is 34.1 Å². The normalized spacial score (nSPS) is 19.9. The minimum atomic E-state index is 0.404. The first-order chi connectivity index (χ1) is 9.83. The fourth-order valence-corrected chi connectivity index (χ4v) is 2.93. The number of rotatable bonds is 3. The average molecular weight is 332 g/mol. The third-order valence-corrected chi connectivity index (χ3v) is 4.25. The van der Waals surface area contributed by atoms with E-state index in [1.54, 1.807) is 0 Å². The van der Waals surface area contributed by atoms with E-state index in [1.807, 2.05) is 18.5 Å². The summed E-state index contributed by atoms with van der Waals surface area (Å²) in [7, 11) is 0. The molecule has 3 rings (SSSR count). The second kappa shape index (κ2) is 6.48. The molecular weight excluding hydrogens is 314 g/mol. The van der Waals surface area contributed by atoms with E-state index in [-0.39, 0.29) is 0 Å². The van der Waals surface area contributed by atoms with E-state index in [9.17, 15) is 0 Å². The molecule has 1 N–H and O–H groups in total. The average Bonchev–Trinajstić information content (AvgIpc) is 2.51. The van der Waals surface area contributed by atoms with Gasteiger partial charge < -0.3 is 5.32 Å². The molecule has 4 heteroatoms. The van der Waals surface area contributed by atoms with Gasteiger partial charge in [-0.3, -0.25) is 9.88 Å².